The van der Waals surface area contributed by atoms with Crippen LogP contribution in [0.1, 0.15) is 30.8 Å². The molecule has 1 rings (SSSR count). The van der Waals surface area contributed by atoms with E-state index in [9.17, 15) is 14.4 Å². The van der Waals surface area contributed by atoms with Crippen molar-refractivity contribution in [3.8, 4) is 0 Å². The van der Waals surface area contributed by atoms with Crippen LogP contribution >= 0.6 is 0 Å². The van der Waals surface area contributed by atoms with Crippen molar-refractivity contribution in [2.75, 3.05) is 14.1 Å². The van der Waals surface area contributed by atoms with Gasteiger partial charge >= 0.3 is 5.97 Å². The molecule has 0 aliphatic rings. The quantitative estimate of drug-likeness (QED) is 0.720. The number of carboxylic acid groups (broad SMARTS) is 1. The average Bonchev–Trinajstić information content (AvgIpc) is 2.86. The topological polar surface area (TPSA) is 117 Å². The molecule has 9 heteroatoms. The standard InChI is InChI=1S/C12H19N5O4/c1-5-12(2,11(20)21)13-10(19)8-6-17(15-14-8)7-9(18)16(3)4/h6H,5,7H2,1-4H3,(H,13,19)(H,20,21). The summed E-state index contributed by atoms with van der Waals surface area (Å²) in [5, 5.41) is 18.8. The zero-order valence-electron chi connectivity index (χ0n) is 12.5. The van der Waals surface area contributed by atoms with Crippen LogP contribution in [0.3, 0.4) is 0 Å². The zero-order valence-corrected chi connectivity index (χ0v) is 12.5. The Bertz CT molecular complexity index is 554. The summed E-state index contributed by atoms with van der Waals surface area (Å²) in [5.41, 5.74) is -1.41. The maximum Gasteiger partial charge on any atom is 0.329 e. The van der Waals surface area contributed by atoms with Crippen LogP contribution in [0.4, 0.5) is 0 Å². The van der Waals surface area contributed by atoms with E-state index in [4.69, 9.17) is 5.11 Å². The van der Waals surface area contributed by atoms with Crippen molar-refractivity contribution < 1.29 is 19.5 Å². The van der Waals surface area contributed by atoms with Crippen LogP contribution < -0.4 is 5.32 Å². The molecule has 0 aliphatic heterocycles. The molecule has 0 radical (unpaired) electrons. The molecule has 0 saturated carbocycles. The van der Waals surface area contributed by atoms with Gasteiger partial charge in [0.25, 0.3) is 5.91 Å². The van der Waals surface area contributed by atoms with E-state index in [-0.39, 0.29) is 24.6 Å². The molecule has 1 aromatic rings. The van der Waals surface area contributed by atoms with Crippen molar-refractivity contribution >= 4 is 17.8 Å². The summed E-state index contributed by atoms with van der Waals surface area (Å²) in [6.45, 7) is 3.02. The average molecular weight is 297 g/mol. The summed E-state index contributed by atoms with van der Waals surface area (Å²) < 4.78 is 1.22. The lowest BCUT2D eigenvalue weighted by atomic mass is 9.99. The third-order valence-electron chi connectivity index (χ3n) is 3.14. The fourth-order valence-electron chi connectivity index (χ4n) is 1.37. The van der Waals surface area contributed by atoms with Gasteiger partial charge in [-0.05, 0) is 13.3 Å². The molecule has 0 fully saturated rings. The van der Waals surface area contributed by atoms with Crippen molar-refractivity contribution in [2.45, 2.75) is 32.4 Å². The lowest BCUT2D eigenvalue weighted by Gasteiger charge is -2.23. The number of hydrogen-bond acceptors (Lipinski definition) is 5. The molecule has 0 aliphatic carbocycles. The Balaban J connectivity index is 2.79. The molecule has 0 spiro atoms. The van der Waals surface area contributed by atoms with Gasteiger partial charge in [-0.25, -0.2) is 9.48 Å². The number of nitrogens with zero attached hydrogens (tertiary/aromatic N) is 4. The van der Waals surface area contributed by atoms with Gasteiger partial charge in [-0.1, -0.05) is 12.1 Å². The monoisotopic (exact) mass is 297 g/mol. The van der Waals surface area contributed by atoms with Gasteiger partial charge in [0.1, 0.15) is 12.1 Å². The van der Waals surface area contributed by atoms with Crippen molar-refractivity contribution in [1.82, 2.24) is 25.2 Å². The molecule has 116 valence electrons. The molecule has 1 heterocycles. The van der Waals surface area contributed by atoms with Gasteiger partial charge in [0.15, 0.2) is 5.69 Å². The van der Waals surface area contributed by atoms with Crippen molar-refractivity contribution in [3.05, 3.63) is 11.9 Å². The summed E-state index contributed by atoms with van der Waals surface area (Å²) in [6, 6.07) is 0. The number of carbonyl (C=O) groups is 3. The Morgan fingerprint density at radius 3 is 2.52 bits per heavy atom. The fraction of sp³-hybridized carbons (Fsp3) is 0.583. The first-order chi connectivity index (χ1) is 9.69. The highest BCUT2D eigenvalue weighted by Gasteiger charge is 2.33. The van der Waals surface area contributed by atoms with Crippen molar-refractivity contribution in [1.29, 1.82) is 0 Å². The number of carbonyl (C=O) groups excluding carboxylic acids is 2. The van der Waals surface area contributed by atoms with Gasteiger partial charge < -0.3 is 15.3 Å². The third-order valence-corrected chi connectivity index (χ3v) is 3.14. The van der Waals surface area contributed by atoms with E-state index < -0.39 is 17.4 Å². The number of rotatable bonds is 6. The minimum Gasteiger partial charge on any atom is -0.480 e. The van der Waals surface area contributed by atoms with E-state index in [1.807, 2.05) is 0 Å². The number of nitrogens with one attached hydrogen (secondary N) is 1. The zero-order chi connectivity index (χ0) is 16.2. The smallest absolute Gasteiger partial charge is 0.329 e. The van der Waals surface area contributed by atoms with Crippen LogP contribution in [0.2, 0.25) is 0 Å². The first kappa shape index (κ1) is 16.6. The maximum atomic E-state index is 12.0. The molecule has 0 aromatic carbocycles. The van der Waals surface area contributed by atoms with Gasteiger partial charge in [0.05, 0.1) is 6.20 Å². The Kier molecular flexibility index (Phi) is 5.01. The Labute approximate surface area is 121 Å². The molecule has 21 heavy (non-hydrogen) atoms. The minimum absolute atomic E-state index is 0.0394. The number of carboxylic acids is 1. The summed E-state index contributed by atoms with van der Waals surface area (Å²) >= 11 is 0. The second-order valence-electron chi connectivity index (χ2n) is 5.03. The molecule has 1 atom stereocenters. The molecule has 0 saturated heterocycles. The van der Waals surface area contributed by atoms with Crippen LogP contribution in [0, 0.1) is 0 Å². The summed E-state index contributed by atoms with van der Waals surface area (Å²) in [4.78, 5) is 36.0. The molecular weight excluding hydrogens is 278 g/mol. The molecular formula is C12H19N5O4. The van der Waals surface area contributed by atoms with E-state index in [2.05, 4.69) is 15.6 Å². The molecule has 1 aromatic heterocycles. The second kappa shape index (κ2) is 6.33. The largest absolute Gasteiger partial charge is 0.480 e. The number of aromatic nitrogens is 3. The molecule has 1 unspecified atom stereocenters. The second-order valence-corrected chi connectivity index (χ2v) is 5.03. The van der Waals surface area contributed by atoms with E-state index >= 15 is 0 Å². The number of hydrogen-bond donors (Lipinski definition) is 2. The van der Waals surface area contributed by atoms with Gasteiger partial charge in [0.2, 0.25) is 5.91 Å². The van der Waals surface area contributed by atoms with Gasteiger partial charge in [-0.3, -0.25) is 9.59 Å². The van der Waals surface area contributed by atoms with Gasteiger partial charge in [-0.15, -0.1) is 5.10 Å². The van der Waals surface area contributed by atoms with E-state index in [0.29, 0.717) is 0 Å². The number of likely N-dealkylation sites (N-methyl/N-ethyl adjacent to an activating group) is 1. The van der Waals surface area contributed by atoms with Gasteiger partial charge in [-0.2, -0.15) is 0 Å². The van der Waals surface area contributed by atoms with Crippen LogP contribution in [-0.2, 0) is 16.1 Å². The van der Waals surface area contributed by atoms with Crippen LogP contribution in [-0.4, -0.2) is 62.4 Å². The summed E-state index contributed by atoms with van der Waals surface area (Å²) in [7, 11) is 3.21. The minimum atomic E-state index is -1.37. The Hall–Kier alpha value is -2.45. The molecule has 2 N–H and O–H groups in total. The predicted octanol–water partition coefficient (Wildman–Crippen LogP) is -0.651. The van der Waals surface area contributed by atoms with E-state index in [1.54, 1.807) is 21.0 Å². The lowest BCUT2D eigenvalue weighted by Crippen LogP contribution is -2.51. The normalized spacial score (nSPS) is 13.3. The Morgan fingerprint density at radius 2 is 2.05 bits per heavy atom. The molecule has 9 nitrogen and oxygen atoms in total. The van der Waals surface area contributed by atoms with Crippen LogP contribution in [0.5, 0.6) is 0 Å². The predicted molar refractivity (Wildman–Crippen MR) is 72.5 cm³/mol. The highest BCUT2D eigenvalue weighted by atomic mass is 16.4. The van der Waals surface area contributed by atoms with Crippen molar-refractivity contribution in [3.63, 3.8) is 0 Å². The summed E-state index contributed by atoms with van der Waals surface area (Å²) in [6.07, 6.45) is 1.52. The lowest BCUT2D eigenvalue weighted by molar-refractivity contribution is -0.143. The first-order valence-corrected chi connectivity index (χ1v) is 6.35. The van der Waals surface area contributed by atoms with Crippen LogP contribution in [0.15, 0.2) is 6.20 Å². The number of amides is 2. The van der Waals surface area contributed by atoms with Gasteiger partial charge in [0, 0.05) is 14.1 Å². The SMILES string of the molecule is CCC(C)(NC(=O)c1cn(CC(=O)N(C)C)nn1)C(=O)O. The highest BCUT2D eigenvalue weighted by molar-refractivity contribution is 5.96. The van der Waals surface area contributed by atoms with E-state index in [0.717, 1.165) is 0 Å². The molecule has 0 bridgehead atoms. The first-order valence-electron chi connectivity index (χ1n) is 6.35. The third kappa shape index (κ3) is 4.01. The number of aliphatic carboxylic acids is 1. The highest BCUT2D eigenvalue weighted by Crippen LogP contribution is 2.10. The Morgan fingerprint density at radius 1 is 1.43 bits per heavy atom. The molecule has 2 amide bonds. The van der Waals surface area contributed by atoms with E-state index in [1.165, 1.54) is 22.7 Å². The van der Waals surface area contributed by atoms with Crippen LogP contribution in [0.25, 0.3) is 0 Å². The van der Waals surface area contributed by atoms with Crippen molar-refractivity contribution in [2.24, 2.45) is 0 Å². The maximum absolute atomic E-state index is 12.0. The summed E-state index contributed by atoms with van der Waals surface area (Å²) in [5.74, 6) is -1.98. The fourth-order valence-corrected chi connectivity index (χ4v) is 1.37.